The quantitative estimate of drug-likeness (QED) is 0.573. The zero-order chi connectivity index (χ0) is 9.40. The Labute approximate surface area is 73.9 Å². The summed E-state index contributed by atoms with van der Waals surface area (Å²) in [6, 6.07) is 0.0705. The molecule has 0 aliphatic rings. The summed E-state index contributed by atoms with van der Waals surface area (Å²) in [7, 11) is 0. The molecule has 0 bridgehead atoms. The Morgan fingerprint density at radius 1 is 1.67 bits per heavy atom. The first-order valence-corrected chi connectivity index (χ1v) is 4.14. The van der Waals surface area contributed by atoms with E-state index in [1.807, 2.05) is 13.8 Å². The minimum atomic E-state index is -0.000370. The fourth-order valence-corrected chi connectivity index (χ4v) is 0.792. The molecule has 0 aromatic heterocycles. The van der Waals surface area contributed by atoms with Crippen LogP contribution in [-0.2, 0) is 4.79 Å². The highest BCUT2D eigenvalue weighted by Gasteiger charge is 2.03. The van der Waals surface area contributed by atoms with Crippen molar-refractivity contribution >= 4 is 5.91 Å². The van der Waals surface area contributed by atoms with Crippen LogP contribution in [0.1, 0.15) is 20.3 Å². The minimum absolute atomic E-state index is 0.000370. The molecule has 0 rings (SSSR count). The summed E-state index contributed by atoms with van der Waals surface area (Å²) in [5, 5.41) is 5.70. The predicted molar refractivity (Wildman–Crippen MR) is 49.6 cm³/mol. The van der Waals surface area contributed by atoms with Crippen LogP contribution >= 0.6 is 0 Å². The van der Waals surface area contributed by atoms with Crippen molar-refractivity contribution in [3.63, 3.8) is 0 Å². The second-order valence-corrected chi connectivity index (χ2v) is 2.66. The standard InChI is InChI=1S/C9H16N2O/c1-4-6-8(3)11-9(12)7-10-5-2/h1,8,10H,5-7H2,2-3H3,(H,11,12). The maximum absolute atomic E-state index is 11.0. The Balaban J connectivity index is 3.48. The molecule has 68 valence electrons. The van der Waals surface area contributed by atoms with Crippen molar-refractivity contribution < 1.29 is 4.79 Å². The summed E-state index contributed by atoms with van der Waals surface area (Å²) in [5.41, 5.74) is 0. The van der Waals surface area contributed by atoms with Gasteiger partial charge in [0.15, 0.2) is 0 Å². The van der Waals surface area contributed by atoms with E-state index in [9.17, 15) is 4.79 Å². The normalized spacial score (nSPS) is 11.8. The monoisotopic (exact) mass is 168 g/mol. The number of likely N-dealkylation sites (N-methyl/N-ethyl adjacent to an activating group) is 1. The number of hydrogen-bond donors (Lipinski definition) is 2. The summed E-state index contributed by atoms with van der Waals surface area (Å²) in [4.78, 5) is 11.0. The number of hydrogen-bond acceptors (Lipinski definition) is 2. The molecule has 0 aliphatic heterocycles. The number of carbonyl (C=O) groups excluding carboxylic acids is 1. The number of rotatable bonds is 5. The highest BCUT2D eigenvalue weighted by molar-refractivity contribution is 5.78. The van der Waals surface area contributed by atoms with Gasteiger partial charge in [-0.1, -0.05) is 6.92 Å². The largest absolute Gasteiger partial charge is 0.352 e. The lowest BCUT2D eigenvalue weighted by Gasteiger charge is -2.10. The second-order valence-electron chi connectivity index (χ2n) is 2.66. The van der Waals surface area contributed by atoms with E-state index in [4.69, 9.17) is 6.42 Å². The summed E-state index contributed by atoms with van der Waals surface area (Å²) >= 11 is 0. The SMILES string of the molecule is C#CCC(C)NC(=O)CNCC. The molecule has 0 saturated heterocycles. The van der Waals surface area contributed by atoms with Gasteiger partial charge >= 0.3 is 0 Å². The first-order valence-electron chi connectivity index (χ1n) is 4.14. The Morgan fingerprint density at radius 3 is 2.83 bits per heavy atom. The fraction of sp³-hybridized carbons (Fsp3) is 0.667. The van der Waals surface area contributed by atoms with Crippen molar-refractivity contribution in [2.45, 2.75) is 26.3 Å². The average molecular weight is 168 g/mol. The van der Waals surface area contributed by atoms with E-state index in [-0.39, 0.29) is 11.9 Å². The number of terminal acetylenes is 1. The first-order chi connectivity index (χ1) is 5.70. The second kappa shape index (κ2) is 6.68. The van der Waals surface area contributed by atoms with Gasteiger partial charge in [-0.15, -0.1) is 12.3 Å². The molecule has 0 aromatic rings. The lowest BCUT2D eigenvalue weighted by molar-refractivity contribution is -0.120. The fourth-order valence-electron chi connectivity index (χ4n) is 0.792. The molecule has 0 aromatic carbocycles. The lowest BCUT2D eigenvalue weighted by atomic mass is 10.2. The van der Waals surface area contributed by atoms with E-state index in [1.165, 1.54) is 0 Å². The van der Waals surface area contributed by atoms with Crippen LogP contribution in [0.3, 0.4) is 0 Å². The van der Waals surface area contributed by atoms with Gasteiger partial charge in [0.05, 0.1) is 6.54 Å². The van der Waals surface area contributed by atoms with Gasteiger partial charge < -0.3 is 10.6 Å². The molecule has 0 fully saturated rings. The molecule has 3 nitrogen and oxygen atoms in total. The van der Waals surface area contributed by atoms with E-state index in [1.54, 1.807) is 0 Å². The van der Waals surface area contributed by atoms with E-state index < -0.39 is 0 Å². The van der Waals surface area contributed by atoms with Gasteiger partial charge in [0.2, 0.25) is 5.91 Å². The zero-order valence-corrected chi connectivity index (χ0v) is 7.68. The summed E-state index contributed by atoms with van der Waals surface area (Å²) in [6.45, 7) is 5.02. The van der Waals surface area contributed by atoms with Crippen LogP contribution in [0, 0.1) is 12.3 Å². The molecule has 3 heteroatoms. The third kappa shape index (κ3) is 5.75. The van der Waals surface area contributed by atoms with Crippen molar-refractivity contribution in [3.05, 3.63) is 0 Å². The van der Waals surface area contributed by atoms with Crippen LogP contribution in [0.4, 0.5) is 0 Å². The van der Waals surface area contributed by atoms with E-state index in [0.29, 0.717) is 13.0 Å². The Kier molecular flexibility index (Phi) is 6.12. The van der Waals surface area contributed by atoms with Gasteiger partial charge in [-0.3, -0.25) is 4.79 Å². The third-order valence-corrected chi connectivity index (χ3v) is 1.37. The van der Waals surface area contributed by atoms with Gasteiger partial charge in [0, 0.05) is 12.5 Å². The average Bonchev–Trinajstić information content (AvgIpc) is 2.01. The zero-order valence-electron chi connectivity index (χ0n) is 7.68. The topological polar surface area (TPSA) is 41.1 Å². The Bertz CT molecular complexity index is 172. The van der Waals surface area contributed by atoms with Crippen LogP contribution < -0.4 is 10.6 Å². The van der Waals surface area contributed by atoms with Gasteiger partial charge in [-0.25, -0.2) is 0 Å². The van der Waals surface area contributed by atoms with Gasteiger partial charge in [0.1, 0.15) is 0 Å². The van der Waals surface area contributed by atoms with Crippen molar-refractivity contribution in [2.24, 2.45) is 0 Å². The summed E-state index contributed by atoms with van der Waals surface area (Å²) in [5.74, 6) is 2.49. The smallest absolute Gasteiger partial charge is 0.234 e. The van der Waals surface area contributed by atoms with Crippen LogP contribution in [0.2, 0.25) is 0 Å². The molecule has 0 radical (unpaired) electrons. The molecule has 1 atom stereocenters. The number of carbonyl (C=O) groups is 1. The molecule has 0 spiro atoms. The Morgan fingerprint density at radius 2 is 2.33 bits per heavy atom. The van der Waals surface area contributed by atoms with Crippen LogP contribution in [0.25, 0.3) is 0 Å². The number of nitrogens with one attached hydrogen (secondary N) is 2. The highest BCUT2D eigenvalue weighted by Crippen LogP contribution is 1.86. The molecule has 1 amide bonds. The Hall–Kier alpha value is -1.01. The molecular weight excluding hydrogens is 152 g/mol. The van der Waals surface area contributed by atoms with Crippen LogP contribution in [-0.4, -0.2) is 25.0 Å². The maximum atomic E-state index is 11.0. The molecule has 0 saturated carbocycles. The third-order valence-electron chi connectivity index (χ3n) is 1.37. The van der Waals surface area contributed by atoms with Crippen molar-refractivity contribution in [1.29, 1.82) is 0 Å². The molecule has 0 aliphatic carbocycles. The number of amides is 1. The molecule has 1 unspecified atom stereocenters. The van der Waals surface area contributed by atoms with Crippen molar-refractivity contribution in [3.8, 4) is 12.3 Å². The minimum Gasteiger partial charge on any atom is -0.352 e. The van der Waals surface area contributed by atoms with Crippen molar-refractivity contribution in [2.75, 3.05) is 13.1 Å². The van der Waals surface area contributed by atoms with E-state index in [0.717, 1.165) is 6.54 Å². The lowest BCUT2D eigenvalue weighted by Crippen LogP contribution is -2.38. The van der Waals surface area contributed by atoms with Gasteiger partial charge in [-0.05, 0) is 13.5 Å². The van der Waals surface area contributed by atoms with Crippen LogP contribution in [0.5, 0.6) is 0 Å². The summed E-state index contributed by atoms with van der Waals surface area (Å²) < 4.78 is 0. The molecule has 12 heavy (non-hydrogen) atoms. The van der Waals surface area contributed by atoms with Crippen molar-refractivity contribution in [1.82, 2.24) is 10.6 Å². The van der Waals surface area contributed by atoms with Gasteiger partial charge in [-0.2, -0.15) is 0 Å². The molecule has 2 N–H and O–H groups in total. The predicted octanol–water partition coefficient (Wildman–Crippen LogP) is 0.124. The molecular formula is C9H16N2O. The van der Waals surface area contributed by atoms with Gasteiger partial charge in [0.25, 0.3) is 0 Å². The first kappa shape index (κ1) is 11.0. The summed E-state index contributed by atoms with van der Waals surface area (Å²) in [6.07, 6.45) is 5.67. The van der Waals surface area contributed by atoms with E-state index in [2.05, 4.69) is 16.6 Å². The highest BCUT2D eigenvalue weighted by atomic mass is 16.1. The van der Waals surface area contributed by atoms with Crippen LogP contribution in [0.15, 0.2) is 0 Å². The molecule has 0 heterocycles. The van der Waals surface area contributed by atoms with E-state index >= 15 is 0 Å². The maximum Gasteiger partial charge on any atom is 0.234 e.